The third-order valence-corrected chi connectivity index (χ3v) is 4.98. The second-order valence-electron chi connectivity index (χ2n) is 7.45. The lowest BCUT2D eigenvalue weighted by molar-refractivity contribution is -0.143. The van der Waals surface area contributed by atoms with Crippen LogP contribution in [0.3, 0.4) is 0 Å². The van der Waals surface area contributed by atoms with Gasteiger partial charge in [0.1, 0.15) is 18.4 Å². The summed E-state index contributed by atoms with van der Waals surface area (Å²) >= 11 is 0. The van der Waals surface area contributed by atoms with Crippen molar-refractivity contribution in [1.82, 2.24) is 10.6 Å². The molecule has 0 saturated heterocycles. The van der Waals surface area contributed by atoms with E-state index < -0.39 is 12.1 Å². The van der Waals surface area contributed by atoms with Gasteiger partial charge in [-0.2, -0.15) is 23.8 Å². The van der Waals surface area contributed by atoms with E-state index in [0.29, 0.717) is 26.1 Å². The van der Waals surface area contributed by atoms with Gasteiger partial charge in [-0.15, -0.1) is 0 Å². The summed E-state index contributed by atoms with van der Waals surface area (Å²) in [5, 5.41) is 5.80. The van der Waals surface area contributed by atoms with Crippen molar-refractivity contribution in [2.45, 2.75) is 25.7 Å². The standard InChI is InChI=1S/C26H29N2O5/c1-31-25(29)24(27-15-16-28-26(30)33-19-22-7-3-2-4-8-22)17-20-11-13-23(14-12-20)32-18-21-9-5-6-10-21/h2-14,24,27H,15-19H2,1H3,(H,28,30)/q-1. The molecular weight excluding hydrogens is 420 g/mol. The normalized spacial score (nSPS) is 11.4. The molecule has 0 aliphatic heterocycles. The van der Waals surface area contributed by atoms with E-state index in [-0.39, 0.29) is 12.6 Å². The molecule has 7 nitrogen and oxygen atoms in total. The largest absolute Gasteiger partial charge is 0.502 e. The Kier molecular flexibility index (Phi) is 9.42. The Balaban J connectivity index is 1.40. The van der Waals surface area contributed by atoms with E-state index in [2.05, 4.69) is 10.6 Å². The molecule has 174 valence electrons. The van der Waals surface area contributed by atoms with E-state index in [1.165, 1.54) is 7.11 Å². The Morgan fingerprint density at radius 3 is 2.39 bits per heavy atom. The molecule has 2 N–H and O–H groups in total. The topological polar surface area (TPSA) is 85.9 Å². The fourth-order valence-corrected chi connectivity index (χ4v) is 3.20. The fraction of sp³-hybridized carbons (Fsp3) is 0.269. The molecule has 1 atom stereocenters. The van der Waals surface area contributed by atoms with Crippen LogP contribution < -0.4 is 15.4 Å². The molecule has 7 heteroatoms. The number of methoxy groups -OCH3 is 1. The van der Waals surface area contributed by atoms with Crippen LogP contribution in [0.15, 0.2) is 78.9 Å². The van der Waals surface area contributed by atoms with Crippen LogP contribution >= 0.6 is 0 Å². The molecule has 3 rings (SSSR count). The summed E-state index contributed by atoms with van der Waals surface area (Å²) in [6, 6.07) is 24.5. The lowest BCUT2D eigenvalue weighted by Gasteiger charge is -2.17. The van der Waals surface area contributed by atoms with Gasteiger partial charge in [-0.25, -0.2) is 10.9 Å². The van der Waals surface area contributed by atoms with E-state index >= 15 is 0 Å². The SMILES string of the molecule is COC(=O)C(Cc1ccc(OCc2cc[cH-]c2)cc1)NCCNC(=O)OCc1ccccc1. The molecule has 0 heterocycles. The van der Waals surface area contributed by atoms with Gasteiger partial charge in [0.2, 0.25) is 0 Å². The Bertz CT molecular complexity index is 972. The van der Waals surface area contributed by atoms with Crippen molar-refractivity contribution in [3.8, 4) is 5.75 Å². The van der Waals surface area contributed by atoms with E-state index in [1.807, 2.05) is 78.9 Å². The number of benzene rings is 2. The predicted molar refractivity (Wildman–Crippen MR) is 125 cm³/mol. The van der Waals surface area contributed by atoms with E-state index in [0.717, 1.165) is 22.4 Å². The minimum Gasteiger partial charge on any atom is -0.502 e. The third-order valence-electron chi connectivity index (χ3n) is 4.98. The highest BCUT2D eigenvalue weighted by molar-refractivity contribution is 5.76. The number of carbonyl (C=O) groups is 2. The first-order chi connectivity index (χ1) is 16.1. The quantitative estimate of drug-likeness (QED) is 0.250. The highest BCUT2D eigenvalue weighted by atomic mass is 16.5. The Morgan fingerprint density at radius 2 is 1.70 bits per heavy atom. The smallest absolute Gasteiger partial charge is 0.407 e. The van der Waals surface area contributed by atoms with Crippen LogP contribution in [0.4, 0.5) is 4.79 Å². The maximum absolute atomic E-state index is 12.2. The summed E-state index contributed by atoms with van der Waals surface area (Å²) < 4.78 is 15.9. The average molecular weight is 450 g/mol. The summed E-state index contributed by atoms with van der Waals surface area (Å²) in [4.78, 5) is 24.0. The van der Waals surface area contributed by atoms with Crippen molar-refractivity contribution in [2.24, 2.45) is 0 Å². The summed E-state index contributed by atoms with van der Waals surface area (Å²) in [6.07, 6.45) is -0.0542. The van der Waals surface area contributed by atoms with Gasteiger partial charge in [-0.1, -0.05) is 42.5 Å². The summed E-state index contributed by atoms with van der Waals surface area (Å²) in [6.45, 7) is 1.42. The number of rotatable bonds is 12. The lowest BCUT2D eigenvalue weighted by Crippen LogP contribution is -2.43. The second-order valence-corrected chi connectivity index (χ2v) is 7.45. The maximum Gasteiger partial charge on any atom is 0.407 e. The molecule has 1 unspecified atom stereocenters. The molecule has 3 aromatic rings. The van der Waals surface area contributed by atoms with Gasteiger partial charge in [0.05, 0.1) is 13.7 Å². The first-order valence-corrected chi connectivity index (χ1v) is 10.8. The van der Waals surface area contributed by atoms with Gasteiger partial charge in [0.25, 0.3) is 0 Å². The molecule has 1 amide bonds. The van der Waals surface area contributed by atoms with Gasteiger partial charge in [0.15, 0.2) is 0 Å². The number of hydrogen-bond donors (Lipinski definition) is 2. The number of alkyl carbamates (subject to hydrolysis) is 1. The minimum absolute atomic E-state index is 0.206. The number of ether oxygens (including phenoxy) is 3. The van der Waals surface area contributed by atoms with Crippen molar-refractivity contribution in [1.29, 1.82) is 0 Å². The zero-order valence-corrected chi connectivity index (χ0v) is 18.7. The summed E-state index contributed by atoms with van der Waals surface area (Å²) in [7, 11) is 1.36. The number of carbonyl (C=O) groups excluding carboxylic acids is 2. The molecule has 0 aromatic heterocycles. The molecule has 0 fully saturated rings. The van der Waals surface area contributed by atoms with Crippen LogP contribution in [0.5, 0.6) is 5.75 Å². The number of amides is 1. The molecule has 0 saturated carbocycles. The van der Waals surface area contributed by atoms with Gasteiger partial charge < -0.3 is 24.8 Å². The molecular formula is C26H29N2O5-. The van der Waals surface area contributed by atoms with Crippen molar-refractivity contribution >= 4 is 12.1 Å². The van der Waals surface area contributed by atoms with Crippen LogP contribution in [-0.4, -0.2) is 38.3 Å². The van der Waals surface area contributed by atoms with Gasteiger partial charge >= 0.3 is 12.1 Å². The predicted octanol–water partition coefficient (Wildman–Crippen LogP) is 3.58. The monoisotopic (exact) mass is 449 g/mol. The zero-order chi connectivity index (χ0) is 23.3. The van der Waals surface area contributed by atoms with Crippen molar-refractivity contribution in [2.75, 3.05) is 20.2 Å². The highest BCUT2D eigenvalue weighted by Gasteiger charge is 2.19. The molecule has 0 aliphatic carbocycles. The van der Waals surface area contributed by atoms with E-state index in [1.54, 1.807) is 0 Å². The van der Waals surface area contributed by atoms with Crippen LogP contribution in [0.1, 0.15) is 16.7 Å². The third kappa shape index (κ3) is 8.38. The highest BCUT2D eigenvalue weighted by Crippen LogP contribution is 2.16. The van der Waals surface area contributed by atoms with Crippen molar-refractivity contribution in [3.63, 3.8) is 0 Å². The van der Waals surface area contributed by atoms with Gasteiger partial charge in [0, 0.05) is 13.1 Å². The van der Waals surface area contributed by atoms with Crippen LogP contribution in [0.2, 0.25) is 0 Å². The Morgan fingerprint density at radius 1 is 0.909 bits per heavy atom. The summed E-state index contributed by atoms with van der Waals surface area (Å²) in [5.74, 6) is 0.402. The Hall–Kier alpha value is -3.71. The second kappa shape index (κ2) is 13.0. The van der Waals surface area contributed by atoms with Gasteiger partial charge in [-0.3, -0.25) is 4.79 Å². The number of esters is 1. The lowest BCUT2D eigenvalue weighted by atomic mass is 10.1. The molecule has 0 radical (unpaired) electrons. The molecule has 0 bridgehead atoms. The Labute approximate surface area is 194 Å². The van der Waals surface area contributed by atoms with Crippen LogP contribution in [0, 0.1) is 0 Å². The first kappa shape index (κ1) is 23.9. The molecule has 3 aromatic carbocycles. The molecule has 0 aliphatic rings. The minimum atomic E-state index is -0.534. The summed E-state index contributed by atoms with van der Waals surface area (Å²) in [5.41, 5.74) is 3.00. The van der Waals surface area contributed by atoms with Gasteiger partial charge in [-0.05, 0) is 29.7 Å². The van der Waals surface area contributed by atoms with E-state index in [4.69, 9.17) is 14.2 Å². The zero-order valence-electron chi connectivity index (χ0n) is 18.7. The number of nitrogens with one attached hydrogen (secondary N) is 2. The molecule has 33 heavy (non-hydrogen) atoms. The van der Waals surface area contributed by atoms with Crippen LogP contribution in [-0.2, 0) is 33.9 Å². The maximum atomic E-state index is 12.2. The molecule has 0 spiro atoms. The van der Waals surface area contributed by atoms with Crippen LogP contribution in [0.25, 0.3) is 0 Å². The first-order valence-electron chi connectivity index (χ1n) is 10.8. The van der Waals surface area contributed by atoms with Crippen molar-refractivity contribution < 1.29 is 23.8 Å². The van der Waals surface area contributed by atoms with E-state index in [9.17, 15) is 9.59 Å². The van der Waals surface area contributed by atoms with Crippen molar-refractivity contribution in [3.05, 3.63) is 95.6 Å². The fourth-order valence-electron chi connectivity index (χ4n) is 3.20. The average Bonchev–Trinajstić information content (AvgIpc) is 3.38. The number of hydrogen-bond acceptors (Lipinski definition) is 6.